The van der Waals surface area contributed by atoms with Crippen molar-refractivity contribution in [3.63, 3.8) is 0 Å². The maximum absolute atomic E-state index is 6.13. The van der Waals surface area contributed by atoms with Crippen LogP contribution in [-0.2, 0) is 19.5 Å². The van der Waals surface area contributed by atoms with Gasteiger partial charge in [0.25, 0.3) is 0 Å². The molecule has 0 amide bonds. The average molecular weight is 440 g/mol. The zero-order valence-corrected chi connectivity index (χ0v) is 18.7. The number of halogens is 2. The number of piperidine rings is 1. The minimum atomic E-state index is 0.429. The third-order valence-corrected chi connectivity index (χ3v) is 6.66. The quantitative estimate of drug-likeness (QED) is 0.518. The molecule has 0 atom stereocenters. The van der Waals surface area contributed by atoms with Crippen molar-refractivity contribution >= 4 is 40.5 Å². The second kappa shape index (κ2) is 10.4. The average Bonchev–Trinajstić information content (AvgIpc) is 3.17. The summed E-state index contributed by atoms with van der Waals surface area (Å²) in [6.45, 7) is 5.82. The van der Waals surface area contributed by atoms with Gasteiger partial charge >= 0.3 is 0 Å². The van der Waals surface area contributed by atoms with Gasteiger partial charge in [-0.15, -0.1) is 11.3 Å². The second-order valence-corrected chi connectivity index (χ2v) is 8.71. The summed E-state index contributed by atoms with van der Waals surface area (Å²) in [7, 11) is 1.81. The van der Waals surface area contributed by atoms with Crippen LogP contribution in [-0.4, -0.2) is 42.0 Å². The Morgan fingerprint density at radius 1 is 1.29 bits per heavy atom. The highest BCUT2D eigenvalue weighted by Gasteiger charge is 2.20. The first kappa shape index (κ1) is 21.4. The highest BCUT2D eigenvalue weighted by molar-refractivity contribution is 7.09. The molecule has 1 aliphatic rings. The van der Waals surface area contributed by atoms with Crippen LogP contribution in [0.4, 0.5) is 0 Å². The Balaban J connectivity index is 1.42. The fourth-order valence-electron chi connectivity index (χ4n) is 3.29. The topological polar surface area (TPSA) is 52.6 Å². The summed E-state index contributed by atoms with van der Waals surface area (Å²) < 4.78 is 0. The lowest BCUT2D eigenvalue weighted by Crippen LogP contribution is -2.48. The molecule has 1 aromatic heterocycles. The molecule has 0 aliphatic carbocycles. The molecule has 2 aromatic rings. The summed E-state index contributed by atoms with van der Waals surface area (Å²) in [6, 6.07) is 6.31. The Morgan fingerprint density at radius 2 is 2.07 bits per heavy atom. The molecular weight excluding hydrogens is 413 g/mol. The monoisotopic (exact) mass is 439 g/mol. The van der Waals surface area contributed by atoms with Crippen molar-refractivity contribution in [1.29, 1.82) is 0 Å². The number of hydrogen-bond donors (Lipinski definition) is 2. The molecule has 2 N–H and O–H groups in total. The van der Waals surface area contributed by atoms with E-state index in [0.29, 0.717) is 22.6 Å². The van der Waals surface area contributed by atoms with E-state index in [1.54, 1.807) is 11.3 Å². The Hall–Kier alpha value is -1.34. The van der Waals surface area contributed by atoms with Gasteiger partial charge in [-0.2, -0.15) is 0 Å². The number of aryl methyl sites for hydroxylation is 1. The van der Waals surface area contributed by atoms with Crippen LogP contribution in [0.25, 0.3) is 0 Å². The first-order valence-electron chi connectivity index (χ1n) is 9.64. The molecule has 0 radical (unpaired) electrons. The second-order valence-electron chi connectivity index (χ2n) is 6.96. The number of likely N-dealkylation sites (tertiary alicyclic amines) is 1. The lowest BCUT2D eigenvalue weighted by Gasteiger charge is -2.33. The predicted molar refractivity (Wildman–Crippen MR) is 120 cm³/mol. The molecule has 152 valence electrons. The number of thiazole rings is 1. The van der Waals surface area contributed by atoms with E-state index in [0.717, 1.165) is 50.6 Å². The van der Waals surface area contributed by atoms with E-state index < -0.39 is 0 Å². The van der Waals surface area contributed by atoms with Crippen molar-refractivity contribution in [2.45, 2.75) is 45.3 Å². The van der Waals surface area contributed by atoms with Gasteiger partial charge in [0.15, 0.2) is 5.96 Å². The number of benzene rings is 1. The van der Waals surface area contributed by atoms with Crippen molar-refractivity contribution in [2.75, 3.05) is 20.1 Å². The van der Waals surface area contributed by atoms with Crippen LogP contribution in [0, 0.1) is 0 Å². The van der Waals surface area contributed by atoms with Crippen LogP contribution in [0.2, 0.25) is 10.0 Å². The van der Waals surface area contributed by atoms with Crippen molar-refractivity contribution in [3.8, 4) is 0 Å². The van der Waals surface area contributed by atoms with Gasteiger partial charge in [-0.05, 0) is 37.0 Å². The summed E-state index contributed by atoms with van der Waals surface area (Å²) in [6.07, 6.45) is 3.15. The Labute approximate surface area is 181 Å². The minimum absolute atomic E-state index is 0.429. The lowest BCUT2D eigenvalue weighted by atomic mass is 10.0. The SMILES string of the molecule is CCc1nc(CNC(=NC)NC2CCN(Cc3ccc(Cl)c(Cl)c3)CC2)cs1. The number of guanidine groups is 1. The van der Waals surface area contributed by atoms with E-state index in [2.05, 4.69) is 37.8 Å². The van der Waals surface area contributed by atoms with E-state index in [4.69, 9.17) is 23.2 Å². The van der Waals surface area contributed by atoms with E-state index in [1.807, 2.05) is 25.2 Å². The molecular formula is C20H27Cl2N5S. The zero-order valence-electron chi connectivity index (χ0n) is 16.3. The van der Waals surface area contributed by atoms with E-state index in [-0.39, 0.29) is 0 Å². The third-order valence-electron chi connectivity index (χ3n) is 4.88. The maximum atomic E-state index is 6.13. The molecule has 8 heteroatoms. The van der Waals surface area contributed by atoms with Crippen LogP contribution in [0.1, 0.15) is 36.0 Å². The van der Waals surface area contributed by atoms with Gasteiger partial charge in [0.05, 0.1) is 27.3 Å². The number of hydrogen-bond acceptors (Lipinski definition) is 4. The molecule has 1 saturated heterocycles. The van der Waals surface area contributed by atoms with Crippen LogP contribution in [0.15, 0.2) is 28.6 Å². The molecule has 28 heavy (non-hydrogen) atoms. The van der Waals surface area contributed by atoms with Gasteiger partial charge < -0.3 is 10.6 Å². The number of rotatable bonds is 6. The van der Waals surface area contributed by atoms with Crippen LogP contribution in [0.3, 0.4) is 0 Å². The highest BCUT2D eigenvalue weighted by atomic mass is 35.5. The fourth-order valence-corrected chi connectivity index (χ4v) is 4.35. The smallest absolute Gasteiger partial charge is 0.191 e. The van der Waals surface area contributed by atoms with Gasteiger partial charge in [-0.1, -0.05) is 36.2 Å². The standard InChI is InChI=1S/C20H27Cl2N5S/c1-3-19-25-16(13-28-19)11-24-20(23-2)26-15-6-8-27(9-7-15)12-14-4-5-17(21)18(22)10-14/h4-5,10,13,15H,3,6-9,11-12H2,1-2H3,(H2,23,24,26). The third kappa shape index (κ3) is 6.08. The summed E-state index contributed by atoms with van der Waals surface area (Å²) in [4.78, 5) is 11.4. The van der Waals surface area contributed by atoms with Gasteiger partial charge in [0.2, 0.25) is 0 Å². The molecule has 1 fully saturated rings. The summed E-state index contributed by atoms with van der Waals surface area (Å²) in [5.74, 6) is 0.842. The van der Waals surface area contributed by atoms with Crippen LogP contribution in [0.5, 0.6) is 0 Å². The van der Waals surface area contributed by atoms with Crippen LogP contribution >= 0.6 is 34.5 Å². The molecule has 3 rings (SSSR count). The Bertz CT molecular complexity index is 800. The van der Waals surface area contributed by atoms with E-state index in [1.165, 1.54) is 10.6 Å². The minimum Gasteiger partial charge on any atom is -0.354 e. The molecule has 0 unspecified atom stereocenters. The number of nitrogens with zero attached hydrogens (tertiary/aromatic N) is 3. The highest BCUT2D eigenvalue weighted by Crippen LogP contribution is 2.24. The van der Waals surface area contributed by atoms with Crippen molar-refractivity contribution < 1.29 is 0 Å². The largest absolute Gasteiger partial charge is 0.354 e. The molecule has 5 nitrogen and oxygen atoms in total. The summed E-state index contributed by atoms with van der Waals surface area (Å²) >= 11 is 13.8. The maximum Gasteiger partial charge on any atom is 0.191 e. The van der Waals surface area contributed by atoms with Crippen molar-refractivity contribution in [2.24, 2.45) is 4.99 Å². The number of aliphatic imine (C=N–C) groups is 1. The molecule has 0 spiro atoms. The Morgan fingerprint density at radius 3 is 2.71 bits per heavy atom. The molecule has 0 bridgehead atoms. The number of nitrogens with one attached hydrogen (secondary N) is 2. The van der Waals surface area contributed by atoms with E-state index >= 15 is 0 Å². The molecule has 1 aromatic carbocycles. The van der Waals surface area contributed by atoms with Gasteiger partial charge in [0, 0.05) is 38.1 Å². The lowest BCUT2D eigenvalue weighted by molar-refractivity contribution is 0.198. The fraction of sp³-hybridized carbons (Fsp3) is 0.500. The Kier molecular flexibility index (Phi) is 7.97. The van der Waals surface area contributed by atoms with Gasteiger partial charge in [-0.25, -0.2) is 4.98 Å². The normalized spacial score (nSPS) is 16.4. The summed E-state index contributed by atoms with van der Waals surface area (Å²) in [5.41, 5.74) is 2.27. The zero-order chi connectivity index (χ0) is 19.9. The van der Waals surface area contributed by atoms with Crippen molar-refractivity contribution in [3.05, 3.63) is 49.9 Å². The first-order valence-corrected chi connectivity index (χ1v) is 11.3. The molecule has 2 heterocycles. The predicted octanol–water partition coefficient (Wildman–Crippen LogP) is 4.34. The van der Waals surface area contributed by atoms with E-state index in [9.17, 15) is 0 Å². The van der Waals surface area contributed by atoms with Gasteiger partial charge in [-0.3, -0.25) is 9.89 Å². The first-order chi connectivity index (χ1) is 13.6. The van der Waals surface area contributed by atoms with Crippen molar-refractivity contribution in [1.82, 2.24) is 20.5 Å². The summed E-state index contributed by atoms with van der Waals surface area (Å²) in [5, 5.41) is 11.4. The molecule has 0 saturated carbocycles. The van der Waals surface area contributed by atoms with Gasteiger partial charge in [0.1, 0.15) is 0 Å². The molecule has 1 aliphatic heterocycles. The number of aromatic nitrogens is 1. The van der Waals surface area contributed by atoms with Crippen LogP contribution < -0.4 is 10.6 Å².